The molecule has 0 aliphatic heterocycles. The van der Waals surface area contributed by atoms with Crippen LogP contribution in [0, 0.1) is 0 Å². The highest BCUT2D eigenvalue weighted by Gasteiger charge is 2.11. The monoisotopic (exact) mass is 305 g/mol. The van der Waals surface area contributed by atoms with Crippen LogP contribution >= 0.6 is 0 Å². The van der Waals surface area contributed by atoms with Crippen molar-refractivity contribution in [1.82, 2.24) is 10.6 Å². The quantitative estimate of drug-likeness (QED) is 0.559. The molecule has 1 aromatic carbocycles. The van der Waals surface area contributed by atoms with E-state index in [9.17, 15) is 4.79 Å². The van der Waals surface area contributed by atoms with Crippen LogP contribution in [0.5, 0.6) is 5.75 Å². The van der Waals surface area contributed by atoms with Gasteiger partial charge in [-0.25, -0.2) is 4.79 Å². The van der Waals surface area contributed by atoms with Gasteiger partial charge in [-0.3, -0.25) is 0 Å². The van der Waals surface area contributed by atoms with Gasteiger partial charge in [0.15, 0.2) is 0 Å². The fourth-order valence-electron chi connectivity index (χ4n) is 2.85. The van der Waals surface area contributed by atoms with Gasteiger partial charge in [0.25, 0.3) is 0 Å². The Morgan fingerprint density at radius 2 is 1.86 bits per heavy atom. The maximum atomic E-state index is 11.9. The van der Waals surface area contributed by atoms with Crippen LogP contribution in [0.25, 0.3) is 0 Å². The van der Waals surface area contributed by atoms with E-state index in [0.29, 0.717) is 24.0 Å². The van der Waals surface area contributed by atoms with E-state index in [4.69, 9.17) is 4.74 Å². The zero-order valence-electron chi connectivity index (χ0n) is 13.4. The largest absolute Gasteiger partial charge is 0.495 e. The molecule has 22 heavy (non-hydrogen) atoms. The Bertz CT molecular complexity index is 457. The molecule has 0 aromatic heterocycles. The van der Waals surface area contributed by atoms with Crippen LogP contribution in [0.3, 0.4) is 0 Å². The van der Waals surface area contributed by atoms with Gasteiger partial charge in [-0.05, 0) is 25.0 Å². The number of carbonyl (C=O) groups excluding carboxylic acids is 1. The van der Waals surface area contributed by atoms with Gasteiger partial charge in [-0.1, -0.05) is 37.8 Å². The number of urea groups is 1. The van der Waals surface area contributed by atoms with Gasteiger partial charge in [-0.2, -0.15) is 0 Å². The summed E-state index contributed by atoms with van der Waals surface area (Å²) in [7, 11) is 1.59. The maximum absolute atomic E-state index is 11.9. The number of para-hydroxylation sites is 2. The first kappa shape index (κ1) is 16.6. The molecule has 2 amide bonds. The van der Waals surface area contributed by atoms with E-state index in [1.54, 1.807) is 7.11 Å². The molecule has 3 N–H and O–H groups in total. The van der Waals surface area contributed by atoms with Crippen molar-refractivity contribution >= 4 is 11.7 Å². The molecule has 2 rings (SSSR count). The molecule has 1 aliphatic carbocycles. The van der Waals surface area contributed by atoms with E-state index in [0.717, 1.165) is 6.54 Å². The van der Waals surface area contributed by atoms with Gasteiger partial charge in [0, 0.05) is 19.1 Å². The average molecular weight is 305 g/mol. The van der Waals surface area contributed by atoms with Crippen LogP contribution in [0.15, 0.2) is 24.3 Å². The highest BCUT2D eigenvalue weighted by molar-refractivity contribution is 5.90. The summed E-state index contributed by atoms with van der Waals surface area (Å²) in [6.07, 6.45) is 7.87. The van der Waals surface area contributed by atoms with E-state index in [-0.39, 0.29) is 6.03 Å². The van der Waals surface area contributed by atoms with E-state index in [1.807, 2.05) is 24.3 Å². The molecule has 0 radical (unpaired) electrons. The molecule has 0 atom stereocenters. The zero-order chi connectivity index (χ0) is 15.6. The Kier molecular flexibility index (Phi) is 7.03. The lowest BCUT2D eigenvalue weighted by molar-refractivity contribution is 0.251. The number of rotatable bonds is 6. The van der Waals surface area contributed by atoms with Crippen molar-refractivity contribution < 1.29 is 9.53 Å². The van der Waals surface area contributed by atoms with Crippen molar-refractivity contribution in [2.24, 2.45) is 0 Å². The third-order valence-corrected chi connectivity index (χ3v) is 4.05. The minimum absolute atomic E-state index is 0.202. The van der Waals surface area contributed by atoms with E-state index < -0.39 is 0 Å². The lowest BCUT2D eigenvalue weighted by Gasteiger charge is -2.16. The second-order valence-corrected chi connectivity index (χ2v) is 5.72. The normalized spacial score (nSPS) is 15.9. The Morgan fingerprint density at radius 1 is 1.14 bits per heavy atom. The summed E-state index contributed by atoms with van der Waals surface area (Å²) in [5.41, 5.74) is 0.680. The number of carbonyl (C=O) groups is 1. The maximum Gasteiger partial charge on any atom is 0.319 e. The average Bonchev–Trinajstić information content (AvgIpc) is 2.81. The molecule has 1 aliphatic rings. The van der Waals surface area contributed by atoms with Crippen molar-refractivity contribution in [3.8, 4) is 5.75 Å². The van der Waals surface area contributed by atoms with Gasteiger partial charge < -0.3 is 20.7 Å². The number of benzene rings is 1. The number of anilines is 1. The molecule has 0 unspecified atom stereocenters. The fourth-order valence-corrected chi connectivity index (χ4v) is 2.85. The Hall–Kier alpha value is -1.75. The van der Waals surface area contributed by atoms with Crippen molar-refractivity contribution in [3.05, 3.63) is 24.3 Å². The first-order valence-corrected chi connectivity index (χ1v) is 8.21. The molecular weight excluding hydrogens is 278 g/mol. The summed E-state index contributed by atoms with van der Waals surface area (Å²) >= 11 is 0. The smallest absolute Gasteiger partial charge is 0.319 e. The number of hydrogen-bond acceptors (Lipinski definition) is 3. The van der Waals surface area contributed by atoms with Crippen LogP contribution < -0.4 is 20.7 Å². The summed E-state index contributed by atoms with van der Waals surface area (Å²) in [4.78, 5) is 11.9. The SMILES string of the molecule is COc1ccccc1NC(=O)NCCNC1CCCCCC1. The topological polar surface area (TPSA) is 62.4 Å². The van der Waals surface area contributed by atoms with Crippen LogP contribution in [0.1, 0.15) is 38.5 Å². The van der Waals surface area contributed by atoms with Crippen LogP contribution in [-0.2, 0) is 0 Å². The number of amides is 2. The summed E-state index contributed by atoms with van der Waals surface area (Å²) in [6.45, 7) is 1.43. The highest BCUT2D eigenvalue weighted by Crippen LogP contribution is 2.22. The minimum Gasteiger partial charge on any atom is -0.495 e. The van der Waals surface area contributed by atoms with Crippen molar-refractivity contribution in [3.63, 3.8) is 0 Å². The van der Waals surface area contributed by atoms with Crippen LogP contribution in [0.2, 0.25) is 0 Å². The molecular formula is C17H27N3O2. The summed E-state index contributed by atoms with van der Waals surface area (Å²) in [5.74, 6) is 0.661. The van der Waals surface area contributed by atoms with Crippen molar-refractivity contribution in [2.45, 2.75) is 44.6 Å². The lowest BCUT2D eigenvalue weighted by Crippen LogP contribution is -2.38. The molecule has 0 heterocycles. The predicted octanol–water partition coefficient (Wildman–Crippen LogP) is 3.13. The molecule has 122 valence electrons. The summed E-state index contributed by atoms with van der Waals surface area (Å²) in [5, 5.41) is 9.21. The zero-order valence-corrected chi connectivity index (χ0v) is 13.4. The molecule has 1 fully saturated rings. The van der Waals surface area contributed by atoms with Gasteiger partial charge in [-0.15, -0.1) is 0 Å². The molecule has 1 aromatic rings. The molecule has 5 nitrogen and oxygen atoms in total. The molecule has 0 spiro atoms. The Labute approximate surface area is 132 Å². The second-order valence-electron chi connectivity index (χ2n) is 5.72. The van der Waals surface area contributed by atoms with Crippen LogP contribution in [0.4, 0.5) is 10.5 Å². The van der Waals surface area contributed by atoms with Crippen molar-refractivity contribution in [2.75, 3.05) is 25.5 Å². The van der Waals surface area contributed by atoms with Crippen molar-refractivity contribution in [1.29, 1.82) is 0 Å². The summed E-state index contributed by atoms with van der Waals surface area (Å²) in [6, 6.07) is 7.80. The Morgan fingerprint density at radius 3 is 2.59 bits per heavy atom. The van der Waals surface area contributed by atoms with E-state index in [1.165, 1.54) is 38.5 Å². The van der Waals surface area contributed by atoms with Gasteiger partial charge >= 0.3 is 6.03 Å². The summed E-state index contributed by atoms with van der Waals surface area (Å²) < 4.78 is 5.21. The number of methoxy groups -OCH3 is 1. The number of nitrogens with one attached hydrogen (secondary N) is 3. The molecule has 5 heteroatoms. The third kappa shape index (κ3) is 5.56. The standard InChI is InChI=1S/C17H27N3O2/c1-22-16-11-7-6-10-15(16)20-17(21)19-13-12-18-14-8-4-2-3-5-9-14/h6-7,10-11,14,18H,2-5,8-9,12-13H2,1H3,(H2,19,20,21). The predicted molar refractivity (Wildman–Crippen MR) is 89.5 cm³/mol. The highest BCUT2D eigenvalue weighted by atomic mass is 16.5. The third-order valence-electron chi connectivity index (χ3n) is 4.05. The first-order chi connectivity index (χ1) is 10.8. The van der Waals surface area contributed by atoms with Gasteiger partial charge in [0.1, 0.15) is 5.75 Å². The van der Waals surface area contributed by atoms with E-state index >= 15 is 0 Å². The second kappa shape index (κ2) is 9.30. The van der Waals surface area contributed by atoms with Gasteiger partial charge in [0.05, 0.1) is 12.8 Å². The minimum atomic E-state index is -0.202. The molecule has 1 saturated carbocycles. The lowest BCUT2D eigenvalue weighted by atomic mass is 10.1. The number of hydrogen-bond donors (Lipinski definition) is 3. The Balaban J connectivity index is 1.65. The first-order valence-electron chi connectivity index (χ1n) is 8.21. The van der Waals surface area contributed by atoms with E-state index in [2.05, 4.69) is 16.0 Å². The number of ether oxygens (including phenoxy) is 1. The van der Waals surface area contributed by atoms with Crippen LogP contribution in [-0.4, -0.2) is 32.3 Å². The molecule has 0 saturated heterocycles. The fraction of sp³-hybridized carbons (Fsp3) is 0.588. The molecule has 0 bridgehead atoms. The van der Waals surface area contributed by atoms with Gasteiger partial charge in [0.2, 0.25) is 0 Å².